The van der Waals surface area contributed by atoms with Crippen molar-refractivity contribution < 1.29 is 24.2 Å². The number of esters is 2. The maximum absolute atomic E-state index is 11.9. The molecule has 6 heteroatoms. The van der Waals surface area contributed by atoms with Crippen molar-refractivity contribution in [1.82, 2.24) is 0 Å². The summed E-state index contributed by atoms with van der Waals surface area (Å²) in [6, 6.07) is 0. The predicted octanol–water partition coefficient (Wildman–Crippen LogP) is 3.64. The summed E-state index contributed by atoms with van der Waals surface area (Å²) in [5.74, 6) is -0.838. The lowest BCUT2D eigenvalue weighted by molar-refractivity contribution is -0.142. The van der Waals surface area contributed by atoms with Crippen molar-refractivity contribution in [3.8, 4) is 0 Å². The van der Waals surface area contributed by atoms with Crippen molar-refractivity contribution in [2.75, 3.05) is 13.2 Å². The molecule has 0 aliphatic rings. The average molecular weight is 371 g/mol. The summed E-state index contributed by atoms with van der Waals surface area (Å²) < 4.78 is 10.0. The quantitative estimate of drug-likeness (QED) is 0.361. The van der Waals surface area contributed by atoms with Crippen LogP contribution in [0.25, 0.3) is 0 Å². The molecule has 0 aromatic carbocycles. The first-order valence-corrected chi connectivity index (χ1v) is 12.5. The van der Waals surface area contributed by atoms with Crippen molar-refractivity contribution in [3.63, 3.8) is 0 Å². The molecule has 0 saturated carbocycles. The standard InChI is InChI=1S/C19H34O5Si/c1-8-15(19(22)24-10-3)13-16(20)14(4)17(25(5,6)7)11-12-18(21)23-9-2/h11,13-14,16,20H,8-10,12H2,1-7H3/b15-13+,17-11-/t14-,16-/m0/s1. The van der Waals surface area contributed by atoms with Gasteiger partial charge in [0.15, 0.2) is 0 Å². The van der Waals surface area contributed by atoms with Gasteiger partial charge in [-0.3, -0.25) is 4.79 Å². The van der Waals surface area contributed by atoms with Crippen LogP contribution in [0, 0.1) is 5.92 Å². The number of ether oxygens (including phenoxy) is 2. The van der Waals surface area contributed by atoms with E-state index < -0.39 is 14.2 Å². The van der Waals surface area contributed by atoms with Crippen LogP contribution in [0.1, 0.15) is 40.5 Å². The summed E-state index contributed by atoms with van der Waals surface area (Å²) >= 11 is 0. The van der Waals surface area contributed by atoms with Gasteiger partial charge in [0.1, 0.15) is 0 Å². The highest BCUT2D eigenvalue weighted by Gasteiger charge is 2.28. The van der Waals surface area contributed by atoms with Crippen LogP contribution in [0.2, 0.25) is 19.6 Å². The lowest BCUT2D eigenvalue weighted by Crippen LogP contribution is -2.33. The van der Waals surface area contributed by atoms with Gasteiger partial charge in [0.25, 0.3) is 0 Å². The minimum atomic E-state index is -1.76. The van der Waals surface area contributed by atoms with E-state index in [-0.39, 0.29) is 24.3 Å². The number of hydrogen-bond donors (Lipinski definition) is 1. The van der Waals surface area contributed by atoms with Crippen LogP contribution in [0.4, 0.5) is 0 Å². The Morgan fingerprint density at radius 2 is 1.64 bits per heavy atom. The van der Waals surface area contributed by atoms with Gasteiger partial charge in [-0.2, -0.15) is 0 Å². The van der Waals surface area contributed by atoms with E-state index in [1.165, 1.54) is 0 Å². The largest absolute Gasteiger partial charge is 0.466 e. The van der Waals surface area contributed by atoms with Crippen molar-refractivity contribution in [1.29, 1.82) is 0 Å². The van der Waals surface area contributed by atoms with Crippen molar-refractivity contribution >= 4 is 20.0 Å². The lowest BCUT2D eigenvalue weighted by atomic mass is 10.00. The fourth-order valence-corrected chi connectivity index (χ4v) is 4.93. The summed E-state index contributed by atoms with van der Waals surface area (Å²) in [5.41, 5.74) is 0.474. The van der Waals surface area contributed by atoms with E-state index in [2.05, 4.69) is 19.6 Å². The van der Waals surface area contributed by atoms with Crippen LogP contribution in [-0.4, -0.2) is 44.4 Å². The first-order valence-electron chi connectivity index (χ1n) is 9.00. The fraction of sp³-hybridized carbons (Fsp3) is 0.684. The van der Waals surface area contributed by atoms with Gasteiger partial charge in [-0.05, 0) is 26.3 Å². The second-order valence-corrected chi connectivity index (χ2v) is 12.0. The maximum atomic E-state index is 11.9. The Kier molecular flexibility index (Phi) is 10.6. The zero-order chi connectivity index (χ0) is 19.6. The maximum Gasteiger partial charge on any atom is 0.333 e. The Morgan fingerprint density at radius 3 is 2.08 bits per heavy atom. The monoisotopic (exact) mass is 370 g/mol. The first-order chi connectivity index (χ1) is 11.6. The molecule has 0 aromatic rings. The van der Waals surface area contributed by atoms with E-state index in [1.807, 2.05) is 19.9 Å². The Morgan fingerprint density at radius 1 is 1.08 bits per heavy atom. The molecule has 2 atom stereocenters. The molecule has 0 aliphatic carbocycles. The zero-order valence-electron chi connectivity index (χ0n) is 16.7. The van der Waals surface area contributed by atoms with Crippen molar-refractivity contribution in [2.45, 2.75) is 66.3 Å². The summed E-state index contributed by atoms with van der Waals surface area (Å²) in [5, 5.41) is 11.7. The number of hydrogen-bond acceptors (Lipinski definition) is 5. The third-order valence-corrected chi connectivity index (χ3v) is 6.34. The Bertz CT molecular complexity index is 502. The van der Waals surface area contributed by atoms with Gasteiger partial charge >= 0.3 is 11.9 Å². The summed E-state index contributed by atoms with van der Waals surface area (Å²) in [6.45, 7) is 14.5. The molecule has 25 heavy (non-hydrogen) atoms. The highest BCUT2D eigenvalue weighted by Crippen LogP contribution is 2.27. The van der Waals surface area contributed by atoms with E-state index in [0.717, 1.165) is 5.20 Å². The molecule has 0 radical (unpaired) electrons. The van der Waals surface area contributed by atoms with E-state index in [0.29, 0.717) is 25.2 Å². The van der Waals surface area contributed by atoms with E-state index in [9.17, 15) is 14.7 Å². The van der Waals surface area contributed by atoms with E-state index in [4.69, 9.17) is 9.47 Å². The van der Waals surface area contributed by atoms with Crippen LogP contribution in [0.15, 0.2) is 22.9 Å². The number of aliphatic hydroxyl groups excluding tert-OH is 1. The van der Waals surface area contributed by atoms with Crippen LogP contribution < -0.4 is 0 Å². The van der Waals surface area contributed by atoms with Gasteiger partial charge in [0, 0.05) is 11.5 Å². The molecule has 0 rings (SSSR count). The Hall–Kier alpha value is -1.40. The second kappa shape index (κ2) is 11.3. The number of carbonyl (C=O) groups is 2. The molecule has 0 aliphatic heterocycles. The highest BCUT2D eigenvalue weighted by atomic mass is 28.3. The summed E-state index contributed by atoms with van der Waals surface area (Å²) in [6.07, 6.45) is 3.37. The van der Waals surface area contributed by atoms with Gasteiger partial charge in [-0.15, -0.1) is 0 Å². The van der Waals surface area contributed by atoms with Gasteiger partial charge < -0.3 is 14.6 Å². The van der Waals surface area contributed by atoms with E-state index in [1.54, 1.807) is 19.9 Å². The van der Waals surface area contributed by atoms with Crippen LogP contribution >= 0.6 is 0 Å². The molecule has 0 amide bonds. The van der Waals surface area contributed by atoms with Crippen LogP contribution in [-0.2, 0) is 19.1 Å². The molecule has 0 saturated heterocycles. The molecule has 0 aromatic heterocycles. The predicted molar refractivity (Wildman–Crippen MR) is 103 cm³/mol. The Balaban J connectivity index is 5.42. The topological polar surface area (TPSA) is 72.8 Å². The lowest BCUT2D eigenvalue weighted by Gasteiger charge is -2.29. The number of carbonyl (C=O) groups excluding carboxylic acids is 2. The number of rotatable bonds is 10. The third kappa shape index (κ3) is 8.49. The van der Waals surface area contributed by atoms with Crippen LogP contribution in [0.5, 0.6) is 0 Å². The molecular weight excluding hydrogens is 336 g/mol. The molecular formula is C19H34O5Si. The molecule has 144 valence electrons. The average Bonchev–Trinajstić information content (AvgIpc) is 2.51. The molecule has 0 fully saturated rings. The Labute approximate surface area is 153 Å². The molecule has 0 spiro atoms. The van der Waals surface area contributed by atoms with Gasteiger partial charge in [-0.25, -0.2) is 4.79 Å². The molecule has 5 nitrogen and oxygen atoms in total. The number of aliphatic hydroxyl groups is 1. The minimum absolute atomic E-state index is 0.183. The SMILES string of the molecule is CCOC(=O)C/C=C(/[C@@H](C)[C@@H](O)/C=C(\CC)C(=O)OCC)[Si](C)(C)C. The fourth-order valence-electron chi connectivity index (χ4n) is 2.68. The molecule has 1 N–H and O–H groups in total. The second-order valence-electron chi connectivity index (χ2n) is 6.96. The van der Waals surface area contributed by atoms with Crippen molar-refractivity contribution in [3.05, 3.63) is 22.9 Å². The zero-order valence-corrected chi connectivity index (χ0v) is 17.7. The highest BCUT2D eigenvalue weighted by molar-refractivity contribution is 6.83. The van der Waals surface area contributed by atoms with Gasteiger partial charge in [0.2, 0.25) is 0 Å². The normalized spacial score (nSPS) is 15.5. The molecule has 0 bridgehead atoms. The third-order valence-electron chi connectivity index (χ3n) is 3.95. The first kappa shape index (κ1) is 23.6. The molecule has 0 heterocycles. The van der Waals surface area contributed by atoms with E-state index >= 15 is 0 Å². The summed E-state index contributed by atoms with van der Waals surface area (Å²) in [7, 11) is -1.76. The van der Waals surface area contributed by atoms with Crippen LogP contribution in [0.3, 0.4) is 0 Å². The van der Waals surface area contributed by atoms with Gasteiger partial charge in [0.05, 0.1) is 33.8 Å². The smallest absolute Gasteiger partial charge is 0.333 e. The molecule has 0 unspecified atom stereocenters. The van der Waals surface area contributed by atoms with Gasteiger partial charge in [-0.1, -0.05) is 44.8 Å². The minimum Gasteiger partial charge on any atom is -0.466 e. The summed E-state index contributed by atoms with van der Waals surface area (Å²) in [4.78, 5) is 23.6. The van der Waals surface area contributed by atoms with Crippen molar-refractivity contribution in [2.24, 2.45) is 5.92 Å².